The number of rotatable bonds is 5. The molecule has 0 unspecified atom stereocenters. The van der Waals surface area contributed by atoms with E-state index in [0.717, 1.165) is 0 Å². The van der Waals surface area contributed by atoms with Crippen LogP contribution < -0.4 is 11.1 Å². The first-order chi connectivity index (χ1) is 10.5. The van der Waals surface area contributed by atoms with Gasteiger partial charge in [-0.3, -0.25) is 9.59 Å². The molecule has 0 aliphatic heterocycles. The van der Waals surface area contributed by atoms with Crippen molar-refractivity contribution in [2.75, 3.05) is 0 Å². The van der Waals surface area contributed by atoms with Crippen molar-refractivity contribution in [2.24, 2.45) is 5.73 Å². The van der Waals surface area contributed by atoms with E-state index in [2.05, 4.69) is 5.32 Å². The lowest BCUT2D eigenvalue weighted by molar-refractivity contribution is -0.119. The summed E-state index contributed by atoms with van der Waals surface area (Å²) in [5.41, 5.74) is 6.27. The fourth-order valence-electron chi connectivity index (χ4n) is 1.95. The number of halogens is 2. The van der Waals surface area contributed by atoms with E-state index >= 15 is 0 Å². The van der Waals surface area contributed by atoms with Crippen LogP contribution in [0.3, 0.4) is 0 Å². The third-order valence-electron chi connectivity index (χ3n) is 3.14. The minimum Gasteiger partial charge on any atom is -0.368 e. The molecule has 2 aromatic rings. The normalized spacial score (nSPS) is 11.7. The summed E-state index contributed by atoms with van der Waals surface area (Å²) in [6, 6.07) is 11.1. The molecule has 2 amide bonds. The van der Waals surface area contributed by atoms with E-state index in [9.17, 15) is 14.0 Å². The number of hydrogen-bond acceptors (Lipinski definition) is 2. The van der Waals surface area contributed by atoms with Gasteiger partial charge in [-0.15, -0.1) is 0 Å². The van der Waals surface area contributed by atoms with Crippen LogP contribution in [0.1, 0.15) is 15.9 Å². The first kappa shape index (κ1) is 16.0. The maximum absolute atomic E-state index is 12.9. The van der Waals surface area contributed by atoms with E-state index < -0.39 is 23.7 Å². The Kier molecular flexibility index (Phi) is 5.12. The second-order valence-corrected chi connectivity index (χ2v) is 5.14. The molecule has 114 valence electrons. The highest BCUT2D eigenvalue weighted by Gasteiger charge is 2.20. The standard InChI is InChI=1S/C16H14ClFN2O2/c17-13-4-2-1-3-11(13)9-14(15(19)21)20-16(22)10-5-7-12(18)8-6-10/h1-8,14H,9H2,(H2,19,21)(H,20,22)/t14-/m1/s1. The summed E-state index contributed by atoms with van der Waals surface area (Å²) >= 11 is 6.04. The van der Waals surface area contributed by atoms with Gasteiger partial charge in [0, 0.05) is 17.0 Å². The molecule has 4 nitrogen and oxygen atoms in total. The zero-order chi connectivity index (χ0) is 16.1. The van der Waals surface area contributed by atoms with Crippen LogP contribution in [-0.4, -0.2) is 17.9 Å². The fraction of sp³-hybridized carbons (Fsp3) is 0.125. The molecule has 22 heavy (non-hydrogen) atoms. The Balaban J connectivity index is 2.12. The first-order valence-electron chi connectivity index (χ1n) is 6.56. The van der Waals surface area contributed by atoms with E-state index in [1.807, 2.05) is 0 Å². The average Bonchev–Trinajstić information content (AvgIpc) is 2.49. The molecular weight excluding hydrogens is 307 g/mol. The summed E-state index contributed by atoms with van der Waals surface area (Å²) < 4.78 is 12.9. The van der Waals surface area contributed by atoms with Gasteiger partial charge in [-0.05, 0) is 35.9 Å². The van der Waals surface area contributed by atoms with Gasteiger partial charge in [0.05, 0.1) is 0 Å². The Bertz CT molecular complexity index is 689. The third kappa shape index (κ3) is 4.05. The van der Waals surface area contributed by atoms with Gasteiger partial charge in [0.1, 0.15) is 11.9 Å². The number of hydrogen-bond donors (Lipinski definition) is 2. The van der Waals surface area contributed by atoms with Gasteiger partial charge in [-0.25, -0.2) is 4.39 Å². The first-order valence-corrected chi connectivity index (χ1v) is 6.94. The summed E-state index contributed by atoms with van der Waals surface area (Å²) in [5, 5.41) is 3.02. The third-order valence-corrected chi connectivity index (χ3v) is 3.51. The molecule has 0 saturated carbocycles. The number of amides is 2. The number of benzene rings is 2. The predicted molar refractivity (Wildman–Crippen MR) is 82.0 cm³/mol. The molecule has 0 radical (unpaired) electrons. The molecule has 3 N–H and O–H groups in total. The molecular formula is C16H14ClFN2O2. The highest BCUT2D eigenvalue weighted by Crippen LogP contribution is 2.17. The van der Waals surface area contributed by atoms with E-state index in [4.69, 9.17) is 17.3 Å². The molecule has 0 bridgehead atoms. The van der Waals surface area contributed by atoms with Gasteiger partial charge in [0.15, 0.2) is 0 Å². The van der Waals surface area contributed by atoms with Crippen LogP contribution in [-0.2, 0) is 11.2 Å². The molecule has 0 aliphatic carbocycles. The van der Waals surface area contributed by atoms with Crippen LogP contribution in [0.25, 0.3) is 0 Å². The van der Waals surface area contributed by atoms with E-state index in [0.29, 0.717) is 10.6 Å². The van der Waals surface area contributed by atoms with Crippen LogP contribution >= 0.6 is 11.6 Å². The van der Waals surface area contributed by atoms with Crippen LogP contribution in [0, 0.1) is 5.82 Å². The SMILES string of the molecule is NC(=O)[C@@H](Cc1ccccc1Cl)NC(=O)c1ccc(F)cc1. The topological polar surface area (TPSA) is 72.2 Å². The fourth-order valence-corrected chi connectivity index (χ4v) is 2.16. The number of primary amides is 1. The summed E-state index contributed by atoms with van der Waals surface area (Å²) in [6.45, 7) is 0. The Labute approximate surface area is 132 Å². The monoisotopic (exact) mass is 320 g/mol. The van der Waals surface area contributed by atoms with Crippen molar-refractivity contribution < 1.29 is 14.0 Å². The predicted octanol–water partition coefficient (Wildman–Crippen LogP) is 2.31. The molecule has 0 saturated heterocycles. The number of nitrogens with two attached hydrogens (primary N) is 1. The lowest BCUT2D eigenvalue weighted by Gasteiger charge is -2.16. The van der Waals surface area contributed by atoms with E-state index in [1.54, 1.807) is 24.3 Å². The van der Waals surface area contributed by atoms with Crippen molar-refractivity contribution in [3.05, 3.63) is 70.5 Å². The van der Waals surface area contributed by atoms with Gasteiger partial charge in [-0.2, -0.15) is 0 Å². The minimum atomic E-state index is -0.905. The van der Waals surface area contributed by atoms with Gasteiger partial charge in [-0.1, -0.05) is 29.8 Å². The average molecular weight is 321 g/mol. The van der Waals surface area contributed by atoms with Crippen molar-refractivity contribution in [3.8, 4) is 0 Å². The molecule has 0 fully saturated rings. The van der Waals surface area contributed by atoms with Gasteiger partial charge in [0.25, 0.3) is 5.91 Å². The Hall–Kier alpha value is -2.40. The van der Waals surface area contributed by atoms with Crippen molar-refractivity contribution in [1.29, 1.82) is 0 Å². The van der Waals surface area contributed by atoms with Gasteiger partial charge >= 0.3 is 0 Å². The lowest BCUT2D eigenvalue weighted by atomic mass is 10.0. The molecule has 0 spiro atoms. The van der Waals surface area contributed by atoms with Crippen LogP contribution in [0.4, 0.5) is 4.39 Å². The van der Waals surface area contributed by atoms with E-state index in [-0.39, 0.29) is 12.0 Å². The van der Waals surface area contributed by atoms with Crippen LogP contribution in [0.5, 0.6) is 0 Å². The summed E-state index contributed by atoms with van der Waals surface area (Å²) in [4.78, 5) is 23.6. The molecule has 0 heterocycles. The van der Waals surface area contributed by atoms with Crippen molar-refractivity contribution in [1.82, 2.24) is 5.32 Å². The number of carbonyl (C=O) groups excluding carboxylic acids is 2. The van der Waals surface area contributed by atoms with Crippen LogP contribution in [0.2, 0.25) is 5.02 Å². The van der Waals surface area contributed by atoms with Crippen LogP contribution in [0.15, 0.2) is 48.5 Å². The molecule has 0 aliphatic rings. The summed E-state index contributed by atoms with van der Waals surface area (Å²) in [6.07, 6.45) is 0.182. The largest absolute Gasteiger partial charge is 0.368 e. The smallest absolute Gasteiger partial charge is 0.251 e. The zero-order valence-electron chi connectivity index (χ0n) is 11.6. The highest BCUT2D eigenvalue weighted by atomic mass is 35.5. The Morgan fingerprint density at radius 3 is 2.36 bits per heavy atom. The lowest BCUT2D eigenvalue weighted by Crippen LogP contribution is -2.45. The molecule has 6 heteroatoms. The quantitative estimate of drug-likeness (QED) is 0.887. The van der Waals surface area contributed by atoms with Crippen molar-refractivity contribution >= 4 is 23.4 Å². The second kappa shape index (κ2) is 7.04. The Morgan fingerprint density at radius 2 is 1.77 bits per heavy atom. The Morgan fingerprint density at radius 1 is 1.14 bits per heavy atom. The number of carbonyl (C=O) groups is 2. The molecule has 1 atom stereocenters. The van der Waals surface area contributed by atoms with Gasteiger partial charge in [0.2, 0.25) is 5.91 Å². The zero-order valence-corrected chi connectivity index (χ0v) is 12.3. The van der Waals surface area contributed by atoms with Crippen molar-refractivity contribution in [2.45, 2.75) is 12.5 Å². The summed E-state index contributed by atoms with van der Waals surface area (Å²) in [7, 11) is 0. The minimum absolute atomic E-state index is 0.182. The number of nitrogens with one attached hydrogen (secondary N) is 1. The van der Waals surface area contributed by atoms with E-state index in [1.165, 1.54) is 24.3 Å². The highest BCUT2D eigenvalue weighted by molar-refractivity contribution is 6.31. The van der Waals surface area contributed by atoms with Gasteiger partial charge < -0.3 is 11.1 Å². The maximum atomic E-state index is 12.9. The molecule has 0 aromatic heterocycles. The molecule has 2 rings (SSSR count). The second-order valence-electron chi connectivity index (χ2n) is 4.73. The summed E-state index contributed by atoms with van der Waals surface area (Å²) in [5.74, 6) is -1.62. The van der Waals surface area contributed by atoms with Crippen molar-refractivity contribution in [3.63, 3.8) is 0 Å². The maximum Gasteiger partial charge on any atom is 0.251 e. The molecule has 2 aromatic carbocycles.